The molecule has 0 bridgehead atoms. The fourth-order valence-corrected chi connectivity index (χ4v) is 3.33. The number of hydrogen-bond acceptors (Lipinski definition) is 3. The van der Waals surface area contributed by atoms with Crippen molar-refractivity contribution in [1.82, 2.24) is 10.2 Å². The van der Waals surface area contributed by atoms with Gasteiger partial charge in [0.1, 0.15) is 0 Å². The van der Waals surface area contributed by atoms with E-state index in [1.165, 1.54) is 29.1 Å². The van der Waals surface area contributed by atoms with E-state index in [0.717, 1.165) is 25.7 Å². The van der Waals surface area contributed by atoms with Crippen LogP contribution in [-0.2, 0) is 6.54 Å². The van der Waals surface area contributed by atoms with Gasteiger partial charge in [-0.05, 0) is 45.0 Å². The lowest BCUT2D eigenvalue weighted by atomic mass is 10.1. The average Bonchev–Trinajstić information content (AvgIpc) is 2.73. The lowest BCUT2D eigenvalue weighted by molar-refractivity contribution is 0.167. The summed E-state index contributed by atoms with van der Waals surface area (Å²) in [6, 6.07) is 5.24. The maximum absolute atomic E-state index is 3.50. The van der Waals surface area contributed by atoms with E-state index in [1.807, 2.05) is 11.3 Å². The van der Waals surface area contributed by atoms with Gasteiger partial charge in [-0.25, -0.2) is 0 Å². The molecule has 0 radical (unpaired) electrons. The van der Waals surface area contributed by atoms with E-state index in [2.05, 4.69) is 36.2 Å². The van der Waals surface area contributed by atoms with Crippen LogP contribution in [0.3, 0.4) is 0 Å². The number of likely N-dealkylation sites (N-methyl/N-ethyl adjacent to an activating group) is 1. The number of piperidine rings is 1. The smallest absolute Gasteiger partial charge is 0.0331 e. The van der Waals surface area contributed by atoms with Crippen LogP contribution in [0, 0.1) is 6.92 Å². The molecule has 2 rings (SSSR count). The van der Waals surface area contributed by atoms with Crippen molar-refractivity contribution in [3.8, 4) is 0 Å². The first-order valence-electron chi connectivity index (χ1n) is 6.29. The second kappa shape index (κ2) is 5.80. The van der Waals surface area contributed by atoms with Crippen LogP contribution in [0.1, 0.15) is 29.5 Å². The van der Waals surface area contributed by atoms with Crippen molar-refractivity contribution in [2.45, 2.75) is 39.3 Å². The van der Waals surface area contributed by atoms with Crippen LogP contribution in [0.15, 0.2) is 12.1 Å². The number of nitrogens with one attached hydrogen (secondary N) is 1. The molecule has 0 saturated carbocycles. The van der Waals surface area contributed by atoms with Crippen LogP contribution in [0.5, 0.6) is 0 Å². The normalized spacial score (nSPS) is 21.6. The number of thiophene rings is 1. The molecule has 1 aromatic heterocycles. The minimum atomic E-state index is 0.737. The zero-order valence-corrected chi connectivity index (χ0v) is 11.1. The highest BCUT2D eigenvalue weighted by Crippen LogP contribution is 2.20. The highest BCUT2D eigenvalue weighted by Gasteiger charge is 2.19. The van der Waals surface area contributed by atoms with E-state index in [9.17, 15) is 0 Å². The van der Waals surface area contributed by atoms with Crippen LogP contribution in [0.4, 0.5) is 0 Å². The third-order valence-electron chi connectivity index (χ3n) is 3.35. The van der Waals surface area contributed by atoms with Crippen molar-refractivity contribution >= 4 is 11.3 Å². The highest BCUT2D eigenvalue weighted by molar-refractivity contribution is 7.11. The Morgan fingerprint density at radius 3 is 2.94 bits per heavy atom. The Bertz CT molecular complexity index is 315. The summed E-state index contributed by atoms with van der Waals surface area (Å²) in [5.41, 5.74) is 0. The first-order chi connectivity index (χ1) is 7.79. The van der Waals surface area contributed by atoms with Crippen molar-refractivity contribution in [1.29, 1.82) is 0 Å². The molecule has 16 heavy (non-hydrogen) atoms. The molecule has 1 N–H and O–H groups in total. The SMILES string of the molecule is CCN(Cc1ccc(C)s1)C1CCCNC1. The van der Waals surface area contributed by atoms with Gasteiger partial charge in [0.05, 0.1) is 0 Å². The first kappa shape index (κ1) is 12.1. The van der Waals surface area contributed by atoms with Gasteiger partial charge >= 0.3 is 0 Å². The molecule has 0 amide bonds. The summed E-state index contributed by atoms with van der Waals surface area (Å²) in [6.45, 7) is 9.11. The second-order valence-electron chi connectivity index (χ2n) is 4.58. The molecule has 90 valence electrons. The summed E-state index contributed by atoms with van der Waals surface area (Å²) in [4.78, 5) is 5.54. The molecule has 3 heteroatoms. The largest absolute Gasteiger partial charge is 0.315 e. The Morgan fingerprint density at radius 1 is 1.50 bits per heavy atom. The fraction of sp³-hybridized carbons (Fsp3) is 0.692. The third-order valence-corrected chi connectivity index (χ3v) is 4.33. The van der Waals surface area contributed by atoms with Gasteiger partial charge in [-0.2, -0.15) is 0 Å². The predicted molar refractivity (Wildman–Crippen MR) is 71.0 cm³/mol. The molecule has 2 nitrogen and oxygen atoms in total. The van der Waals surface area contributed by atoms with E-state index in [0.29, 0.717) is 0 Å². The van der Waals surface area contributed by atoms with Gasteiger partial charge in [-0.1, -0.05) is 6.92 Å². The summed E-state index contributed by atoms with van der Waals surface area (Å²) < 4.78 is 0. The number of nitrogens with zero attached hydrogens (tertiary/aromatic N) is 1. The molecular formula is C13H22N2S. The lowest BCUT2D eigenvalue weighted by Crippen LogP contribution is -2.45. The Labute approximate surface area is 103 Å². The summed E-state index contributed by atoms with van der Waals surface area (Å²) >= 11 is 1.93. The molecule has 2 heterocycles. The van der Waals surface area contributed by atoms with Crippen molar-refractivity contribution in [3.05, 3.63) is 21.9 Å². The topological polar surface area (TPSA) is 15.3 Å². The number of aryl methyl sites for hydroxylation is 1. The summed E-state index contributed by atoms with van der Waals surface area (Å²) in [5.74, 6) is 0. The quantitative estimate of drug-likeness (QED) is 0.867. The standard InChI is InChI=1S/C13H22N2S/c1-3-15(12-5-4-8-14-9-12)10-13-7-6-11(2)16-13/h6-7,12,14H,3-5,8-10H2,1-2H3. The maximum Gasteiger partial charge on any atom is 0.0331 e. The predicted octanol–water partition coefficient (Wildman–Crippen LogP) is 2.63. The van der Waals surface area contributed by atoms with Crippen LogP contribution < -0.4 is 5.32 Å². The van der Waals surface area contributed by atoms with E-state index >= 15 is 0 Å². The lowest BCUT2D eigenvalue weighted by Gasteiger charge is -2.33. The van der Waals surface area contributed by atoms with E-state index in [4.69, 9.17) is 0 Å². The van der Waals surface area contributed by atoms with E-state index in [-0.39, 0.29) is 0 Å². The fourth-order valence-electron chi connectivity index (χ4n) is 2.41. The Balaban J connectivity index is 1.94. The molecule has 0 spiro atoms. The van der Waals surface area contributed by atoms with Crippen LogP contribution in [0.25, 0.3) is 0 Å². The Morgan fingerprint density at radius 2 is 2.38 bits per heavy atom. The molecule has 1 fully saturated rings. The minimum absolute atomic E-state index is 0.737. The summed E-state index contributed by atoms with van der Waals surface area (Å²) in [5, 5.41) is 3.50. The first-order valence-corrected chi connectivity index (χ1v) is 7.11. The van der Waals surface area contributed by atoms with E-state index < -0.39 is 0 Å². The number of hydrogen-bond donors (Lipinski definition) is 1. The summed E-state index contributed by atoms with van der Waals surface area (Å²) in [7, 11) is 0. The number of rotatable bonds is 4. The van der Waals surface area contributed by atoms with Crippen molar-refractivity contribution in [2.75, 3.05) is 19.6 Å². The average molecular weight is 238 g/mol. The minimum Gasteiger partial charge on any atom is -0.315 e. The van der Waals surface area contributed by atoms with Crippen LogP contribution in [-0.4, -0.2) is 30.6 Å². The molecule has 1 saturated heterocycles. The molecule has 1 aliphatic rings. The van der Waals surface area contributed by atoms with Crippen molar-refractivity contribution in [2.24, 2.45) is 0 Å². The zero-order valence-electron chi connectivity index (χ0n) is 10.3. The van der Waals surface area contributed by atoms with Crippen molar-refractivity contribution < 1.29 is 0 Å². The van der Waals surface area contributed by atoms with Gasteiger partial charge in [0.15, 0.2) is 0 Å². The molecule has 1 atom stereocenters. The molecule has 0 aliphatic carbocycles. The molecular weight excluding hydrogens is 216 g/mol. The van der Waals surface area contributed by atoms with Gasteiger partial charge in [-0.3, -0.25) is 4.90 Å². The molecule has 1 aromatic rings. The van der Waals surface area contributed by atoms with E-state index in [1.54, 1.807) is 0 Å². The van der Waals surface area contributed by atoms with Gasteiger partial charge < -0.3 is 5.32 Å². The van der Waals surface area contributed by atoms with Gasteiger partial charge in [0.25, 0.3) is 0 Å². The van der Waals surface area contributed by atoms with Gasteiger partial charge in [-0.15, -0.1) is 11.3 Å². The summed E-state index contributed by atoms with van der Waals surface area (Å²) in [6.07, 6.45) is 2.68. The molecule has 0 aromatic carbocycles. The Kier molecular flexibility index (Phi) is 4.38. The second-order valence-corrected chi connectivity index (χ2v) is 5.95. The highest BCUT2D eigenvalue weighted by atomic mass is 32.1. The zero-order chi connectivity index (χ0) is 11.4. The molecule has 1 aliphatic heterocycles. The molecule has 1 unspecified atom stereocenters. The van der Waals surface area contributed by atoms with Crippen LogP contribution >= 0.6 is 11.3 Å². The Hall–Kier alpha value is -0.380. The third kappa shape index (κ3) is 3.06. The maximum atomic E-state index is 3.50. The van der Waals surface area contributed by atoms with Crippen LogP contribution in [0.2, 0.25) is 0 Å². The van der Waals surface area contributed by atoms with Gasteiger partial charge in [0, 0.05) is 28.9 Å². The van der Waals surface area contributed by atoms with Crippen molar-refractivity contribution in [3.63, 3.8) is 0 Å². The van der Waals surface area contributed by atoms with Gasteiger partial charge in [0.2, 0.25) is 0 Å². The monoisotopic (exact) mass is 238 g/mol.